The Bertz CT molecular complexity index is 929. The summed E-state index contributed by atoms with van der Waals surface area (Å²) in [6.45, 7) is 3.91. The van der Waals surface area contributed by atoms with Crippen LogP contribution in [0, 0.1) is 12.8 Å². The fourth-order valence-electron chi connectivity index (χ4n) is 3.63. The highest BCUT2D eigenvalue weighted by atomic mass is 16.5. The number of hydrogen-bond acceptors (Lipinski definition) is 3. The molecule has 0 unspecified atom stereocenters. The van der Waals surface area contributed by atoms with Gasteiger partial charge in [-0.25, -0.2) is 0 Å². The van der Waals surface area contributed by atoms with Gasteiger partial charge in [0.25, 0.3) is 0 Å². The van der Waals surface area contributed by atoms with Gasteiger partial charge in [-0.3, -0.25) is 4.79 Å². The van der Waals surface area contributed by atoms with Gasteiger partial charge in [-0.15, -0.1) is 0 Å². The number of nitrogens with one attached hydrogen (secondary N) is 1. The first kappa shape index (κ1) is 19.1. The summed E-state index contributed by atoms with van der Waals surface area (Å²) in [5.74, 6) is 1.70. The number of anilines is 2. The molecule has 3 aromatic carbocycles. The predicted octanol–water partition coefficient (Wildman–Crippen LogP) is 5.64. The number of rotatable bonds is 5. The zero-order chi connectivity index (χ0) is 20.1. The summed E-state index contributed by atoms with van der Waals surface area (Å²) >= 11 is 0. The summed E-state index contributed by atoms with van der Waals surface area (Å²) < 4.78 is 5.80. The van der Waals surface area contributed by atoms with Crippen LogP contribution in [0.5, 0.6) is 11.5 Å². The number of benzene rings is 3. The van der Waals surface area contributed by atoms with Crippen molar-refractivity contribution < 1.29 is 9.53 Å². The van der Waals surface area contributed by atoms with Crippen LogP contribution >= 0.6 is 0 Å². The van der Waals surface area contributed by atoms with Crippen LogP contribution in [-0.4, -0.2) is 19.0 Å². The van der Waals surface area contributed by atoms with Crippen LogP contribution in [0.2, 0.25) is 0 Å². The zero-order valence-electron chi connectivity index (χ0n) is 16.7. The lowest BCUT2D eigenvalue weighted by molar-refractivity contribution is -0.120. The molecule has 1 amide bonds. The second-order valence-electron chi connectivity index (χ2n) is 7.53. The van der Waals surface area contributed by atoms with Crippen molar-refractivity contribution >= 4 is 17.3 Å². The van der Waals surface area contributed by atoms with Gasteiger partial charge in [-0.1, -0.05) is 35.9 Å². The lowest BCUT2D eigenvalue weighted by Crippen LogP contribution is -2.38. The van der Waals surface area contributed by atoms with E-state index in [1.54, 1.807) is 0 Å². The highest BCUT2D eigenvalue weighted by Gasteiger charge is 2.25. The fourth-order valence-corrected chi connectivity index (χ4v) is 3.63. The Morgan fingerprint density at radius 2 is 1.48 bits per heavy atom. The van der Waals surface area contributed by atoms with Crippen molar-refractivity contribution in [2.45, 2.75) is 19.8 Å². The van der Waals surface area contributed by atoms with Crippen molar-refractivity contribution in [2.24, 2.45) is 5.92 Å². The first-order chi connectivity index (χ1) is 14.2. The van der Waals surface area contributed by atoms with Crippen molar-refractivity contribution in [3.05, 3.63) is 84.4 Å². The van der Waals surface area contributed by atoms with E-state index in [4.69, 9.17) is 4.74 Å². The van der Waals surface area contributed by atoms with Gasteiger partial charge >= 0.3 is 0 Å². The summed E-state index contributed by atoms with van der Waals surface area (Å²) in [6.07, 6.45) is 1.74. The smallest absolute Gasteiger partial charge is 0.227 e. The molecule has 1 saturated heterocycles. The molecule has 4 nitrogen and oxygen atoms in total. The number of hydrogen-bond donors (Lipinski definition) is 1. The zero-order valence-corrected chi connectivity index (χ0v) is 16.7. The van der Waals surface area contributed by atoms with Gasteiger partial charge in [0, 0.05) is 30.4 Å². The van der Waals surface area contributed by atoms with E-state index >= 15 is 0 Å². The minimum atomic E-state index is 0.0527. The van der Waals surface area contributed by atoms with Crippen LogP contribution in [0.3, 0.4) is 0 Å². The Labute approximate surface area is 172 Å². The number of carbonyl (C=O) groups excluding carboxylic acids is 1. The SMILES string of the molecule is Cc1ccc(N2CCC(C(=O)Nc3ccc(Oc4ccccc4)cc3)CC2)cc1. The second-order valence-corrected chi connectivity index (χ2v) is 7.53. The maximum absolute atomic E-state index is 12.7. The number of piperidine rings is 1. The van der Waals surface area contributed by atoms with Crippen LogP contribution in [0.15, 0.2) is 78.9 Å². The molecule has 1 N–H and O–H groups in total. The van der Waals surface area contributed by atoms with Crippen molar-refractivity contribution in [2.75, 3.05) is 23.3 Å². The van der Waals surface area contributed by atoms with E-state index in [0.29, 0.717) is 0 Å². The number of aryl methyl sites for hydroxylation is 1. The molecule has 0 aliphatic carbocycles. The number of nitrogens with zero attached hydrogens (tertiary/aromatic N) is 1. The fraction of sp³-hybridized carbons (Fsp3) is 0.240. The molecule has 1 aliphatic heterocycles. The molecule has 4 heteroatoms. The average Bonchev–Trinajstić information content (AvgIpc) is 2.76. The van der Waals surface area contributed by atoms with Crippen LogP contribution < -0.4 is 15.0 Å². The Kier molecular flexibility index (Phi) is 5.80. The third kappa shape index (κ3) is 4.96. The normalized spacial score (nSPS) is 14.4. The van der Waals surface area contributed by atoms with Crippen LogP contribution in [0.25, 0.3) is 0 Å². The van der Waals surface area contributed by atoms with E-state index in [2.05, 4.69) is 41.4 Å². The Morgan fingerprint density at radius 3 is 2.14 bits per heavy atom. The lowest BCUT2D eigenvalue weighted by atomic mass is 9.95. The number of para-hydroxylation sites is 1. The molecule has 0 spiro atoms. The highest BCUT2D eigenvalue weighted by molar-refractivity contribution is 5.92. The second kappa shape index (κ2) is 8.82. The van der Waals surface area contributed by atoms with Gasteiger partial charge in [0.15, 0.2) is 0 Å². The maximum Gasteiger partial charge on any atom is 0.227 e. The number of ether oxygens (including phenoxy) is 1. The van der Waals surface area contributed by atoms with Crippen molar-refractivity contribution in [3.8, 4) is 11.5 Å². The molecule has 0 bridgehead atoms. The molecule has 1 fully saturated rings. The average molecular weight is 386 g/mol. The van der Waals surface area contributed by atoms with Crippen molar-refractivity contribution in [1.82, 2.24) is 0 Å². The summed E-state index contributed by atoms with van der Waals surface area (Å²) in [5, 5.41) is 3.05. The molecule has 3 aromatic rings. The Hall–Kier alpha value is -3.27. The number of amides is 1. The summed E-state index contributed by atoms with van der Waals surface area (Å²) in [4.78, 5) is 15.0. The monoisotopic (exact) mass is 386 g/mol. The molecule has 1 heterocycles. The summed E-state index contributed by atoms with van der Waals surface area (Å²) in [6, 6.07) is 25.8. The molecule has 0 atom stereocenters. The first-order valence-electron chi connectivity index (χ1n) is 10.1. The van der Waals surface area contributed by atoms with Gasteiger partial charge in [-0.05, 0) is 68.3 Å². The molecular formula is C25H26N2O2. The third-order valence-electron chi connectivity index (χ3n) is 5.37. The lowest BCUT2D eigenvalue weighted by Gasteiger charge is -2.33. The topological polar surface area (TPSA) is 41.6 Å². The minimum absolute atomic E-state index is 0.0527. The standard InChI is InChI=1S/C25H26N2O2/c1-19-7-11-22(12-8-19)27-17-15-20(16-18-27)25(28)26-21-9-13-24(14-10-21)29-23-5-3-2-4-6-23/h2-14,20H,15-18H2,1H3,(H,26,28). The molecule has 0 aromatic heterocycles. The largest absolute Gasteiger partial charge is 0.457 e. The van der Waals surface area contributed by atoms with Crippen molar-refractivity contribution in [3.63, 3.8) is 0 Å². The maximum atomic E-state index is 12.7. The van der Waals surface area contributed by atoms with E-state index < -0.39 is 0 Å². The highest BCUT2D eigenvalue weighted by Crippen LogP contribution is 2.26. The Morgan fingerprint density at radius 1 is 0.862 bits per heavy atom. The van der Waals surface area contributed by atoms with E-state index in [1.807, 2.05) is 54.6 Å². The molecule has 0 saturated carbocycles. The minimum Gasteiger partial charge on any atom is -0.457 e. The molecule has 0 radical (unpaired) electrons. The molecular weight excluding hydrogens is 360 g/mol. The predicted molar refractivity (Wildman–Crippen MR) is 118 cm³/mol. The van der Waals surface area contributed by atoms with Gasteiger partial charge in [0.2, 0.25) is 5.91 Å². The molecule has 29 heavy (non-hydrogen) atoms. The van der Waals surface area contributed by atoms with E-state index in [9.17, 15) is 4.79 Å². The Balaban J connectivity index is 1.29. The van der Waals surface area contributed by atoms with Crippen LogP contribution in [-0.2, 0) is 4.79 Å². The molecule has 148 valence electrons. The number of carbonyl (C=O) groups is 1. The summed E-state index contributed by atoms with van der Waals surface area (Å²) in [5.41, 5.74) is 3.31. The third-order valence-corrected chi connectivity index (χ3v) is 5.37. The van der Waals surface area contributed by atoms with Gasteiger partial charge < -0.3 is 15.0 Å². The molecule has 1 aliphatic rings. The van der Waals surface area contributed by atoms with E-state index in [1.165, 1.54) is 11.3 Å². The van der Waals surface area contributed by atoms with Crippen molar-refractivity contribution in [1.29, 1.82) is 0 Å². The summed E-state index contributed by atoms with van der Waals surface area (Å²) in [7, 11) is 0. The van der Waals surface area contributed by atoms with Gasteiger partial charge in [0.05, 0.1) is 0 Å². The van der Waals surface area contributed by atoms with Gasteiger partial charge in [-0.2, -0.15) is 0 Å². The van der Waals surface area contributed by atoms with E-state index in [0.717, 1.165) is 43.1 Å². The van der Waals surface area contributed by atoms with Gasteiger partial charge in [0.1, 0.15) is 11.5 Å². The molecule has 4 rings (SSSR count). The first-order valence-corrected chi connectivity index (χ1v) is 10.1. The van der Waals surface area contributed by atoms with E-state index in [-0.39, 0.29) is 11.8 Å². The van der Waals surface area contributed by atoms with Crippen LogP contribution in [0.1, 0.15) is 18.4 Å². The quantitative estimate of drug-likeness (QED) is 0.617. The van der Waals surface area contributed by atoms with Crippen LogP contribution in [0.4, 0.5) is 11.4 Å².